The number of benzene rings is 2. The Labute approximate surface area is 173 Å². The van der Waals surface area contributed by atoms with Gasteiger partial charge in [0, 0.05) is 11.1 Å². The smallest absolute Gasteiger partial charge is 0.237 e. The molecular formula is C23H22N4OS. The van der Waals surface area contributed by atoms with Crippen LogP contribution in [-0.2, 0) is 17.6 Å². The Hall–Kier alpha value is -2.86. The average Bonchev–Trinajstić information content (AvgIpc) is 3.35. The van der Waals surface area contributed by atoms with Crippen molar-refractivity contribution in [3.8, 4) is 0 Å². The Morgan fingerprint density at radius 2 is 1.93 bits per heavy atom. The lowest BCUT2D eigenvalue weighted by Gasteiger charge is -2.13. The first-order chi connectivity index (χ1) is 14.1. The van der Waals surface area contributed by atoms with E-state index in [2.05, 4.69) is 46.7 Å². The molecule has 0 radical (unpaired) electrons. The molecule has 1 amide bonds. The number of anilines is 1. The Morgan fingerprint density at radius 3 is 2.83 bits per heavy atom. The van der Waals surface area contributed by atoms with Crippen LogP contribution in [0.5, 0.6) is 0 Å². The Morgan fingerprint density at radius 1 is 1.10 bits per heavy atom. The molecule has 0 aliphatic heterocycles. The number of hydrogen-bond acceptors (Lipinski definition) is 4. The average molecular weight is 403 g/mol. The number of nitrogens with zero attached hydrogens (tertiary/aromatic N) is 3. The topological polar surface area (TPSA) is 59.3 Å². The first-order valence-corrected chi connectivity index (χ1v) is 10.8. The number of para-hydroxylation sites is 1. The maximum atomic E-state index is 12.8. The summed E-state index contributed by atoms with van der Waals surface area (Å²) < 4.78 is 2.03. The molecule has 0 saturated carbocycles. The second-order valence-corrected chi connectivity index (χ2v) is 8.92. The minimum atomic E-state index is -0.296. The van der Waals surface area contributed by atoms with Gasteiger partial charge in [-0.15, -0.1) is 10.2 Å². The molecule has 1 unspecified atom stereocenters. The van der Waals surface area contributed by atoms with Gasteiger partial charge in [-0.25, -0.2) is 0 Å². The SMILES string of the molecule is Cc1cc2nnc(SC(C)C(=O)Nc3ccc4c(c3)CCC4)n2c2ccccc12. The molecule has 1 aliphatic carbocycles. The standard InChI is InChI=1S/C23H22N4OS/c1-14-12-21-25-26-23(27(21)20-9-4-3-8-19(14)20)29-15(2)22(28)24-18-11-10-16-6-5-7-17(16)13-18/h3-4,8-13,15H,5-7H2,1-2H3,(H,24,28). The summed E-state index contributed by atoms with van der Waals surface area (Å²) in [4.78, 5) is 12.8. The van der Waals surface area contributed by atoms with Crippen LogP contribution in [-0.4, -0.2) is 25.8 Å². The third-order valence-corrected chi connectivity index (χ3v) is 6.63. The van der Waals surface area contributed by atoms with Gasteiger partial charge in [0.25, 0.3) is 0 Å². The number of nitrogens with one attached hydrogen (secondary N) is 1. The van der Waals surface area contributed by atoms with Crippen LogP contribution in [0.15, 0.2) is 53.7 Å². The van der Waals surface area contributed by atoms with Gasteiger partial charge in [-0.3, -0.25) is 9.20 Å². The summed E-state index contributed by atoms with van der Waals surface area (Å²) in [6, 6.07) is 16.5. The molecular weight excluding hydrogens is 380 g/mol. The zero-order valence-electron chi connectivity index (χ0n) is 16.5. The molecule has 146 valence electrons. The molecule has 6 heteroatoms. The van der Waals surface area contributed by atoms with E-state index in [1.54, 1.807) is 0 Å². The van der Waals surface area contributed by atoms with E-state index in [0.717, 1.165) is 40.2 Å². The third-order valence-electron chi connectivity index (χ3n) is 5.59. The van der Waals surface area contributed by atoms with E-state index in [0.29, 0.717) is 0 Å². The fourth-order valence-electron chi connectivity index (χ4n) is 4.06. The largest absolute Gasteiger partial charge is 0.325 e. The van der Waals surface area contributed by atoms with Crippen LogP contribution in [0.4, 0.5) is 5.69 Å². The van der Waals surface area contributed by atoms with E-state index in [1.807, 2.05) is 35.6 Å². The van der Waals surface area contributed by atoms with E-state index >= 15 is 0 Å². The van der Waals surface area contributed by atoms with E-state index in [4.69, 9.17) is 0 Å². The Bertz CT molecular complexity index is 1250. The van der Waals surface area contributed by atoms with Crippen LogP contribution < -0.4 is 5.32 Å². The number of amides is 1. The number of carbonyl (C=O) groups excluding carboxylic acids is 1. The number of carbonyl (C=O) groups is 1. The number of aryl methyl sites for hydroxylation is 3. The lowest BCUT2D eigenvalue weighted by molar-refractivity contribution is -0.115. The highest BCUT2D eigenvalue weighted by Gasteiger charge is 2.20. The lowest BCUT2D eigenvalue weighted by Crippen LogP contribution is -2.22. The molecule has 5 rings (SSSR count). The zero-order chi connectivity index (χ0) is 20.0. The summed E-state index contributed by atoms with van der Waals surface area (Å²) in [6.45, 7) is 3.99. The molecule has 0 spiro atoms. The van der Waals surface area contributed by atoms with Crippen molar-refractivity contribution in [3.05, 3.63) is 65.2 Å². The van der Waals surface area contributed by atoms with Crippen LogP contribution in [0, 0.1) is 6.92 Å². The van der Waals surface area contributed by atoms with Gasteiger partial charge in [0.1, 0.15) is 0 Å². The van der Waals surface area contributed by atoms with Gasteiger partial charge < -0.3 is 5.32 Å². The first-order valence-electron chi connectivity index (χ1n) is 9.93. The van der Waals surface area contributed by atoms with Crippen LogP contribution in [0.2, 0.25) is 0 Å². The Kier molecular flexibility index (Phi) is 4.51. The van der Waals surface area contributed by atoms with Crippen molar-refractivity contribution in [3.63, 3.8) is 0 Å². The lowest BCUT2D eigenvalue weighted by atomic mass is 10.1. The van der Waals surface area contributed by atoms with Crippen molar-refractivity contribution >= 4 is 39.9 Å². The van der Waals surface area contributed by atoms with Crippen LogP contribution >= 0.6 is 11.8 Å². The van der Waals surface area contributed by atoms with Gasteiger partial charge in [0.15, 0.2) is 10.8 Å². The summed E-state index contributed by atoms with van der Waals surface area (Å²) in [5.74, 6) is -0.0267. The van der Waals surface area contributed by atoms with Gasteiger partial charge in [-0.1, -0.05) is 36.0 Å². The maximum Gasteiger partial charge on any atom is 0.237 e. The molecule has 0 bridgehead atoms. The van der Waals surface area contributed by atoms with Gasteiger partial charge in [0.2, 0.25) is 5.91 Å². The summed E-state index contributed by atoms with van der Waals surface area (Å²) in [7, 11) is 0. The van der Waals surface area contributed by atoms with E-state index in [1.165, 1.54) is 34.9 Å². The number of fused-ring (bicyclic) bond motifs is 4. The molecule has 2 aromatic carbocycles. The number of hydrogen-bond donors (Lipinski definition) is 1. The van der Waals surface area contributed by atoms with Gasteiger partial charge >= 0.3 is 0 Å². The number of pyridine rings is 1. The second-order valence-electron chi connectivity index (χ2n) is 7.61. The minimum Gasteiger partial charge on any atom is -0.325 e. The Balaban J connectivity index is 1.40. The molecule has 1 N–H and O–H groups in total. The van der Waals surface area contributed by atoms with Gasteiger partial charge in [-0.05, 0) is 74.1 Å². The monoisotopic (exact) mass is 402 g/mol. The minimum absolute atomic E-state index is 0.0267. The number of rotatable bonds is 4. The second kappa shape index (κ2) is 7.19. The van der Waals surface area contributed by atoms with Crippen LogP contribution in [0.3, 0.4) is 0 Å². The van der Waals surface area contributed by atoms with E-state index in [9.17, 15) is 4.79 Å². The van der Waals surface area contributed by atoms with Crippen LogP contribution in [0.25, 0.3) is 16.6 Å². The molecule has 0 saturated heterocycles. The molecule has 2 aromatic heterocycles. The number of thioether (sulfide) groups is 1. The third kappa shape index (κ3) is 3.27. The highest BCUT2D eigenvalue weighted by Crippen LogP contribution is 2.29. The maximum absolute atomic E-state index is 12.8. The quantitative estimate of drug-likeness (QED) is 0.498. The fourth-order valence-corrected chi connectivity index (χ4v) is 4.92. The molecule has 2 heterocycles. The summed E-state index contributed by atoms with van der Waals surface area (Å²) in [5.41, 5.74) is 6.65. The summed E-state index contributed by atoms with van der Waals surface area (Å²) >= 11 is 1.43. The fraction of sp³-hybridized carbons (Fsp3) is 0.261. The molecule has 4 aromatic rings. The molecule has 1 aliphatic rings. The van der Waals surface area contributed by atoms with E-state index < -0.39 is 0 Å². The predicted molar refractivity (Wildman–Crippen MR) is 118 cm³/mol. The highest BCUT2D eigenvalue weighted by molar-refractivity contribution is 8.00. The van der Waals surface area contributed by atoms with Gasteiger partial charge in [0.05, 0.1) is 10.8 Å². The van der Waals surface area contributed by atoms with Crippen molar-refractivity contribution in [1.82, 2.24) is 14.6 Å². The molecule has 0 fully saturated rings. The zero-order valence-corrected chi connectivity index (χ0v) is 17.3. The van der Waals surface area contributed by atoms with Crippen molar-refractivity contribution in [2.24, 2.45) is 0 Å². The van der Waals surface area contributed by atoms with Crippen molar-refractivity contribution in [2.45, 2.75) is 43.5 Å². The molecule has 1 atom stereocenters. The predicted octanol–water partition coefficient (Wildman–Crippen LogP) is 4.80. The first kappa shape index (κ1) is 18.2. The van der Waals surface area contributed by atoms with Crippen molar-refractivity contribution in [2.75, 3.05) is 5.32 Å². The number of aromatic nitrogens is 3. The highest BCUT2D eigenvalue weighted by atomic mass is 32.2. The van der Waals surface area contributed by atoms with Crippen molar-refractivity contribution < 1.29 is 4.79 Å². The summed E-state index contributed by atoms with van der Waals surface area (Å²) in [6.07, 6.45) is 3.44. The van der Waals surface area contributed by atoms with Crippen molar-refractivity contribution in [1.29, 1.82) is 0 Å². The molecule has 5 nitrogen and oxygen atoms in total. The summed E-state index contributed by atoms with van der Waals surface area (Å²) in [5, 5.41) is 13.3. The molecule has 29 heavy (non-hydrogen) atoms. The van der Waals surface area contributed by atoms with Crippen LogP contribution in [0.1, 0.15) is 30.0 Å². The van der Waals surface area contributed by atoms with Gasteiger partial charge in [-0.2, -0.15) is 0 Å². The van der Waals surface area contributed by atoms with E-state index in [-0.39, 0.29) is 11.2 Å². The normalized spacial score (nSPS) is 14.3.